The first-order valence-corrected chi connectivity index (χ1v) is 7.83. The molecule has 0 aromatic heterocycles. The zero-order valence-corrected chi connectivity index (χ0v) is 12.5. The molecule has 3 nitrogen and oxygen atoms in total. The zero-order chi connectivity index (χ0) is 14.4. The maximum Gasteiger partial charge on any atom is 0.119 e. The fourth-order valence-electron chi connectivity index (χ4n) is 3.32. The van der Waals surface area contributed by atoms with Crippen molar-refractivity contribution < 1.29 is 9.84 Å². The van der Waals surface area contributed by atoms with Gasteiger partial charge in [0.05, 0.1) is 12.7 Å². The number of hydrogen-bond donors (Lipinski definition) is 2. The smallest absolute Gasteiger partial charge is 0.119 e. The van der Waals surface area contributed by atoms with Crippen molar-refractivity contribution >= 4 is 0 Å². The lowest BCUT2D eigenvalue weighted by atomic mass is 9.73. The maximum absolute atomic E-state index is 10.9. The molecule has 0 amide bonds. The summed E-state index contributed by atoms with van der Waals surface area (Å²) in [5.41, 5.74) is 6.82. The van der Waals surface area contributed by atoms with Crippen molar-refractivity contribution in [3.8, 4) is 5.75 Å². The SMILES string of the molecule is CCOc1cccc(C(O)C2(CN)CCCCCC2)c1. The fourth-order valence-corrected chi connectivity index (χ4v) is 3.32. The lowest BCUT2D eigenvalue weighted by Crippen LogP contribution is -2.36. The van der Waals surface area contributed by atoms with E-state index in [9.17, 15) is 5.11 Å². The highest BCUT2D eigenvalue weighted by Crippen LogP contribution is 2.44. The molecule has 0 aliphatic heterocycles. The highest BCUT2D eigenvalue weighted by atomic mass is 16.5. The van der Waals surface area contributed by atoms with Gasteiger partial charge in [-0.2, -0.15) is 0 Å². The van der Waals surface area contributed by atoms with Gasteiger partial charge in [0.25, 0.3) is 0 Å². The van der Waals surface area contributed by atoms with Crippen LogP contribution in [0.5, 0.6) is 5.75 Å². The first-order chi connectivity index (χ1) is 9.72. The summed E-state index contributed by atoms with van der Waals surface area (Å²) in [4.78, 5) is 0. The van der Waals surface area contributed by atoms with Gasteiger partial charge in [-0.05, 0) is 37.5 Å². The third kappa shape index (κ3) is 3.33. The van der Waals surface area contributed by atoms with Crippen LogP contribution in [-0.4, -0.2) is 18.3 Å². The largest absolute Gasteiger partial charge is 0.494 e. The number of ether oxygens (including phenoxy) is 1. The lowest BCUT2D eigenvalue weighted by Gasteiger charge is -2.36. The molecule has 0 bridgehead atoms. The van der Waals surface area contributed by atoms with Gasteiger partial charge in [0.2, 0.25) is 0 Å². The predicted molar refractivity (Wildman–Crippen MR) is 81.8 cm³/mol. The Bertz CT molecular complexity index is 411. The molecule has 1 aromatic rings. The molecule has 0 spiro atoms. The van der Waals surface area contributed by atoms with Gasteiger partial charge in [-0.1, -0.05) is 37.8 Å². The normalized spacial score (nSPS) is 20.1. The van der Waals surface area contributed by atoms with E-state index < -0.39 is 6.10 Å². The zero-order valence-electron chi connectivity index (χ0n) is 12.5. The Morgan fingerprint density at radius 1 is 1.25 bits per heavy atom. The molecule has 1 saturated carbocycles. The number of nitrogens with two attached hydrogens (primary N) is 1. The van der Waals surface area contributed by atoms with Gasteiger partial charge in [-0.25, -0.2) is 0 Å². The van der Waals surface area contributed by atoms with Gasteiger partial charge in [-0.3, -0.25) is 0 Å². The second kappa shape index (κ2) is 7.09. The summed E-state index contributed by atoms with van der Waals surface area (Å²) in [5, 5.41) is 10.9. The minimum Gasteiger partial charge on any atom is -0.494 e. The molecule has 0 radical (unpaired) electrons. The van der Waals surface area contributed by atoms with E-state index in [0.717, 1.165) is 24.2 Å². The number of rotatable bonds is 5. The van der Waals surface area contributed by atoms with Crippen molar-refractivity contribution in [1.29, 1.82) is 0 Å². The molecule has 1 unspecified atom stereocenters. The van der Waals surface area contributed by atoms with Crippen molar-refractivity contribution in [2.45, 2.75) is 51.6 Å². The van der Waals surface area contributed by atoms with Gasteiger partial charge >= 0.3 is 0 Å². The Hall–Kier alpha value is -1.06. The Labute approximate surface area is 122 Å². The molecule has 20 heavy (non-hydrogen) atoms. The summed E-state index contributed by atoms with van der Waals surface area (Å²) in [6, 6.07) is 7.82. The van der Waals surface area contributed by atoms with Crippen LogP contribution in [0.2, 0.25) is 0 Å². The summed E-state index contributed by atoms with van der Waals surface area (Å²) in [5.74, 6) is 0.824. The summed E-state index contributed by atoms with van der Waals surface area (Å²) >= 11 is 0. The Morgan fingerprint density at radius 2 is 1.95 bits per heavy atom. The van der Waals surface area contributed by atoms with Gasteiger partial charge in [0, 0.05) is 12.0 Å². The molecule has 1 aromatic carbocycles. The van der Waals surface area contributed by atoms with E-state index >= 15 is 0 Å². The van der Waals surface area contributed by atoms with Crippen molar-refractivity contribution in [2.24, 2.45) is 11.1 Å². The third-order valence-corrected chi connectivity index (χ3v) is 4.57. The van der Waals surface area contributed by atoms with Crippen LogP contribution in [0.3, 0.4) is 0 Å². The Kier molecular flexibility index (Phi) is 5.44. The highest BCUT2D eigenvalue weighted by molar-refractivity contribution is 5.31. The van der Waals surface area contributed by atoms with Crippen LogP contribution < -0.4 is 10.5 Å². The number of benzene rings is 1. The number of aliphatic hydroxyl groups is 1. The summed E-state index contributed by atoms with van der Waals surface area (Å²) in [6.45, 7) is 3.16. The Balaban J connectivity index is 2.22. The van der Waals surface area contributed by atoms with E-state index in [1.165, 1.54) is 25.7 Å². The van der Waals surface area contributed by atoms with Crippen molar-refractivity contribution in [3.05, 3.63) is 29.8 Å². The third-order valence-electron chi connectivity index (χ3n) is 4.57. The van der Waals surface area contributed by atoms with Crippen LogP contribution in [0.15, 0.2) is 24.3 Å². The second-order valence-electron chi connectivity index (χ2n) is 5.89. The van der Waals surface area contributed by atoms with Gasteiger partial charge in [-0.15, -0.1) is 0 Å². The molecule has 0 saturated heterocycles. The van der Waals surface area contributed by atoms with E-state index in [1.54, 1.807) is 0 Å². The molecule has 1 fully saturated rings. The van der Waals surface area contributed by atoms with Crippen molar-refractivity contribution in [1.82, 2.24) is 0 Å². The number of hydrogen-bond acceptors (Lipinski definition) is 3. The molecule has 3 heteroatoms. The van der Waals surface area contributed by atoms with E-state index in [0.29, 0.717) is 13.2 Å². The Morgan fingerprint density at radius 3 is 2.55 bits per heavy atom. The first kappa shape index (κ1) is 15.3. The van der Waals surface area contributed by atoms with Crippen LogP contribution >= 0.6 is 0 Å². The van der Waals surface area contributed by atoms with E-state index in [2.05, 4.69) is 0 Å². The topological polar surface area (TPSA) is 55.5 Å². The summed E-state index contributed by atoms with van der Waals surface area (Å²) < 4.78 is 5.53. The minimum atomic E-state index is -0.494. The molecule has 1 atom stereocenters. The summed E-state index contributed by atoms with van der Waals surface area (Å²) in [7, 11) is 0. The molecule has 112 valence electrons. The molecular weight excluding hydrogens is 250 g/mol. The minimum absolute atomic E-state index is 0.165. The van der Waals surface area contributed by atoms with Crippen LogP contribution in [0.25, 0.3) is 0 Å². The maximum atomic E-state index is 10.9. The van der Waals surface area contributed by atoms with Crippen molar-refractivity contribution in [2.75, 3.05) is 13.2 Å². The van der Waals surface area contributed by atoms with E-state index in [1.807, 2.05) is 31.2 Å². The second-order valence-corrected chi connectivity index (χ2v) is 5.89. The van der Waals surface area contributed by atoms with Crippen LogP contribution in [0.4, 0.5) is 0 Å². The molecule has 3 N–H and O–H groups in total. The average molecular weight is 277 g/mol. The van der Waals surface area contributed by atoms with Gasteiger partial charge in [0.1, 0.15) is 5.75 Å². The average Bonchev–Trinajstić information content (AvgIpc) is 2.73. The standard InChI is InChI=1S/C17H27NO2/c1-2-20-15-9-7-8-14(12-15)16(19)17(13-18)10-5-3-4-6-11-17/h7-9,12,16,19H,2-6,10-11,13,18H2,1H3. The van der Waals surface area contributed by atoms with Crippen molar-refractivity contribution in [3.63, 3.8) is 0 Å². The summed E-state index contributed by atoms with van der Waals surface area (Å²) in [6.07, 6.45) is 6.39. The first-order valence-electron chi connectivity index (χ1n) is 7.83. The molecule has 0 heterocycles. The predicted octanol–water partition coefficient (Wildman–Crippen LogP) is 3.42. The monoisotopic (exact) mass is 277 g/mol. The van der Waals surface area contributed by atoms with E-state index in [4.69, 9.17) is 10.5 Å². The van der Waals surface area contributed by atoms with E-state index in [-0.39, 0.29) is 5.41 Å². The molecule has 1 aliphatic carbocycles. The van der Waals surface area contributed by atoms with Gasteiger partial charge < -0.3 is 15.6 Å². The fraction of sp³-hybridized carbons (Fsp3) is 0.647. The van der Waals surface area contributed by atoms with Crippen LogP contribution in [0.1, 0.15) is 57.1 Å². The number of aliphatic hydroxyl groups excluding tert-OH is 1. The highest BCUT2D eigenvalue weighted by Gasteiger charge is 2.37. The van der Waals surface area contributed by atoms with Crippen LogP contribution in [0, 0.1) is 5.41 Å². The molecular formula is C17H27NO2. The molecule has 2 rings (SSSR count). The molecule has 1 aliphatic rings. The van der Waals surface area contributed by atoms with Crippen LogP contribution in [-0.2, 0) is 0 Å². The quantitative estimate of drug-likeness (QED) is 0.811. The van der Waals surface area contributed by atoms with Gasteiger partial charge in [0.15, 0.2) is 0 Å². The lowest BCUT2D eigenvalue weighted by molar-refractivity contribution is 0.0165.